The number of carbonyl (C=O) groups is 1. The molecule has 1 aliphatic rings. The summed E-state index contributed by atoms with van der Waals surface area (Å²) >= 11 is 1.45. The normalized spacial score (nSPS) is 15.6. The average molecular weight is 448 g/mol. The summed E-state index contributed by atoms with van der Waals surface area (Å²) in [6, 6.07) is 11.1. The van der Waals surface area contributed by atoms with Gasteiger partial charge in [0.1, 0.15) is 15.7 Å². The van der Waals surface area contributed by atoms with E-state index in [-0.39, 0.29) is 32.0 Å². The van der Waals surface area contributed by atoms with Gasteiger partial charge in [0, 0.05) is 24.9 Å². The minimum absolute atomic E-state index is 0.156. The average Bonchev–Trinajstić information content (AvgIpc) is 3.17. The Balaban J connectivity index is 1.50. The number of morpholine rings is 1. The molecule has 0 atom stereocenters. The number of amides is 1. The zero-order valence-corrected chi connectivity index (χ0v) is 17.4. The number of fused-ring (bicyclic) bond motifs is 1. The predicted octanol–water partition coefficient (Wildman–Crippen LogP) is 3.11. The highest BCUT2D eigenvalue weighted by Gasteiger charge is 2.29. The molecule has 7 nitrogen and oxygen atoms in total. The minimum Gasteiger partial charge on any atom is -0.379 e. The molecular formula is C20H18FN3O4S2. The first-order valence-corrected chi connectivity index (χ1v) is 11.4. The number of nitrogens with one attached hydrogen (secondary N) is 1. The monoisotopic (exact) mass is 447 g/mol. The molecule has 1 saturated heterocycles. The summed E-state index contributed by atoms with van der Waals surface area (Å²) in [5.74, 6) is -1.35. The minimum atomic E-state index is -4.02. The number of anilines is 1. The zero-order chi connectivity index (χ0) is 21.1. The number of benzene rings is 2. The zero-order valence-electron chi connectivity index (χ0n) is 15.7. The number of nitrogens with zero attached hydrogens (tertiary/aromatic N) is 2. The quantitative estimate of drug-likeness (QED) is 0.607. The van der Waals surface area contributed by atoms with Crippen LogP contribution < -0.4 is 5.32 Å². The van der Waals surface area contributed by atoms with E-state index >= 15 is 0 Å². The lowest BCUT2D eigenvalue weighted by Gasteiger charge is -2.26. The summed E-state index contributed by atoms with van der Waals surface area (Å²) in [7, 11) is -4.02. The molecule has 4 rings (SSSR count). The summed E-state index contributed by atoms with van der Waals surface area (Å²) in [6.45, 7) is 0.828. The van der Waals surface area contributed by atoms with Crippen LogP contribution in [-0.2, 0) is 19.6 Å². The number of hydrogen-bond donors (Lipinski definition) is 1. The molecule has 0 spiro atoms. The van der Waals surface area contributed by atoms with Crippen molar-refractivity contribution in [3.63, 3.8) is 0 Å². The van der Waals surface area contributed by atoms with Crippen LogP contribution in [0.2, 0.25) is 0 Å². The highest BCUT2D eigenvalue weighted by Crippen LogP contribution is 2.25. The molecule has 1 fully saturated rings. The molecule has 1 aliphatic heterocycles. The summed E-state index contributed by atoms with van der Waals surface area (Å²) in [6.07, 6.45) is 2.88. The standard InChI is InChI=1S/C20H18FN3O4S2/c21-15-6-5-14(13-18(15)30(26,27)24-9-11-28-12-10-24)22-19(25)7-8-20-23-16-3-1-2-4-17(16)29-20/h1-8,13H,9-12H2,(H,22,25)/b8-7+. The first kappa shape index (κ1) is 20.6. The van der Waals surface area contributed by atoms with Gasteiger partial charge in [-0.2, -0.15) is 4.31 Å². The second-order valence-electron chi connectivity index (χ2n) is 6.50. The lowest BCUT2D eigenvalue weighted by atomic mass is 10.3. The smallest absolute Gasteiger partial charge is 0.248 e. The largest absolute Gasteiger partial charge is 0.379 e. The number of thiazole rings is 1. The molecule has 2 aromatic carbocycles. The number of aromatic nitrogens is 1. The number of para-hydroxylation sites is 1. The maximum Gasteiger partial charge on any atom is 0.248 e. The topological polar surface area (TPSA) is 88.6 Å². The molecule has 10 heteroatoms. The Morgan fingerprint density at radius 1 is 1.20 bits per heavy atom. The van der Waals surface area contributed by atoms with Gasteiger partial charge in [-0.1, -0.05) is 12.1 Å². The number of halogens is 1. The van der Waals surface area contributed by atoms with Crippen LogP contribution in [0.3, 0.4) is 0 Å². The molecule has 0 bridgehead atoms. The van der Waals surface area contributed by atoms with Gasteiger partial charge in [-0.25, -0.2) is 17.8 Å². The van der Waals surface area contributed by atoms with Gasteiger partial charge in [0.15, 0.2) is 0 Å². The van der Waals surface area contributed by atoms with E-state index in [1.807, 2.05) is 24.3 Å². The molecule has 1 amide bonds. The van der Waals surface area contributed by atoms with Crippen LogP contribution >= 0.6 is 11.3 Å². The van der Waals surface area contributed by atoms with Crippen LogP contribution in [0.5, 0.6) is 0 Å². The fourth-order valence-corrected chi connectivity index (χ4v) is 5.37. The van der Waals surface area contributed by atoms with Crippen molar-refractivity contribution in [1.29, 1.82) is 0 Å². The van der Waals surface area contributed by atoms with E-state index in [1.54, 1.807) is 6.08 Å². The fraction of sp³-hybridized carbons (Fsp3) is 0.200. The van der Waals surface area contributed by atoms with Crippen LogP contribution in [0, 0.1) is 5.82 Å². The maximum atomic E-state index is 14.3. The third-order valence-electron chi connectivity index (χ3n) is 4.47. The Morgan fingerprint density at radius 2 is 1.97 bits per heavy atom. The Labute approximate surface area is 176 Å². The summed E-state index contributed by atoms with van der Waals surface area (Å²) < 4.78 is 47.1. The molecule has 0 unspecified atom stereocenters. The molecule has 3 aromatic rings. The molecule has 1 aromatic heterocycles. The van der Waals surface area contributed by atoms with E-state index < -0.39 is 26.6 Å². The van der Waals surface area contributed by atoms with E-state index in [4.69, 9.17) is 4.74 Å². The summed E-state index contributed by atoms with van der Waals surface area (Å²) in [4.78, 5) is 16.2. The van der Waals surface area contributed by atoms with Crippen molar-refractivity contribution in [2.75, 3.05) is 31.6 Å². The van der Waals surface area contributed by atoms with E-state index in [1.165, 1.54) is 27.8 Å². The van der Waals surface area contributed by atoms with E-state index in [0.29, 0.717) is 5.01 Å². The Kier molecular flexibility index (Phi) is 5.91. The van der Waals surface area contributed by atoms with Crippen molar-refractivity contribution < 1.29 is 22.3 Å². The van der Waals surface area contributed by atoms with Gasteiger partial charge >= 0.3 is 0 Å². The van der Waals surface area contributed by atoms with E-state index in [9.17, 15) is 17.6 Å². The third-order valence-corrected chi connectivity index (χ3v) is 7.39. The van der Waals surface area contributed by atoms with Gasteiger partial charge < -0.3 is 10.1 Å². The van der Waals surface area contributed by atoms with Gasteiger partial charge in [-0.15, -0.1) is 11.3 Å². The second-order valence-corrected chi connectivity index (χ2v) is 9.47. The van der Waals surface area contributed by atoms with Crippen LogP contribution in [0.1, 0.15) is 5.01 Å². The Hall–Kier alpha value is -2.66. The van der Waals surface area contributed by atoms with Gasteiger partial charge in [0.25, 0.3) is 0 Å². The molecule has 0 saturated carbocycles. The number of ether oxygens (including phenoxy) is 1. The fourth-order valence-electron chi connectivity index (χ4n) is 3.00. The third kappa shape index (κ3) is 4.41. The van der Waals surface area contributed by atoms with Crippen LogP contribution in [0.15, 0.2) is 53.4 Å². The van der Waals surface area contributed by atoms with Crippen molar-refractivity contribution in [2.45, 2.75) is 4.90 Å². The highest BCUT2D eigenvalue weighted by molar-refractivity contribution is 7.89. The molecule has 30 heavy (non-hydrogen) atoms. The lowest BCUT2D eigenvalue weighted by Crippen LogP contribution is -2.40. The molecule has 0 aliphatic carbocycles. The van der Waals surface area contributed by atoms with Gasteiger partial charge in [0.2, 0.25) is 15.9 Å². The maximum absolute atomic E-state index is 14.3. The summed E-state index contributed by atoms with van der Waals surface area (Å²) in [5, 5.41) is 3.23. The Bertz CT molecular complexity index is 1180. The molecule has 1 N–H and O–H groups in total. The molecular weight excluding hydrogens is 429 g/mol. The van der Waals surface area contributed by atoms with Crippen molar-refractivity contribution in [3.8, 4) is 0 Å². The van der Waals surface area contributed by atoms with Crippen molar-refractivity contribution >= 4 is 49.2 Å². The van der Waals surface area contributed by atoms with Gasteiger partial charge in [0.05, 0.1) is 23.4 Å². The van der Waals surface area contributed by atoms with Gasteiger partial charge in [-0.05, 0) is 36.4 Å². The van der Waals surface area contributed by atoms with E-state index in [2.05, 4.69) is 10.3 Å². The number of rotatable bonds is 5. The number of hydrogen-bond acceptors (Lipinski definition) is 6. The Morgan fingerprint density at radius 3 is 2.73 bits per heavy atom. The predicted molar refractivity (Wildman–Crippen MR) is 113 cm³/mol. The highest BCUT2D eigenvalue weighted by atomic mass is 32.2. The molecule has 0 radical (unpaired) electrons. The lowest BCUT2D eigenvalue weighted by molar-refractivity contribution is -0.111. The van der Waals surface area contributed by atoms with E-state index in [0.717, 1.165) is 22.3 Å². The van der Waals surface area contributed by atoms with Crippen LogP contribution in [-0.4, -0.2) is 49.9 Å². The number of carbonyl (C=O) groups excluding carboxylic acids is 1. The SMILES string of the molecule is O=C(/C=C/c1nc2ccccc2s1)Nc1ccc(F)c(S(=O)(=O)N2CCOCC2)c1. The van der Waals surface area contributed by atoms with Crippen LogP contribution in [0.4, 0.5) is 10.1 Å². The van der Waals surface area contributed by atoms with Gasteiger partial charge in [-0.3, -0.25) is 4.79 Å². The van der Waals surface area contributed by atoms with Crippen molar-refractivity contribution in [1.82, 2.24) is 9.29 Å². The van der Waals surface area contributed by atoms with Crippen molar-refractivity contribution in [3.05, 3.63) is 59.4 Å². The molecule has 156 valence electrons. The second kappa shape index (κ2) is 8.60. The molecule has 2 heterocycles. The van der Waals surface area contributed by atoms with Crippen molar-refractivity contribution in [2.24, 2.45) is 0 Å². The summed E-state index contributed by atoms with van der Waals surface area (Å²) in [5.41, 5.74) is 1.03. The number of sulfonamides is 1. The first-order chi connectivity index (χ1) is 14.4. The first-order valence-electron chi connectivity index (χ1n) is 9.15. The van der Waals surface area contributed by atoms with Crippen LogP contribution in [0.25, 0.3) is 16.3 Å².